The van der Waals surface area contributed by atoms with Crippen molar-refractivity contribution >= 4 is 10.1 Å². The molecular weight excluding hydrogens is 180 g/mol. The molecule has 5 heteroatoms. The Bertz CT molecular complexity index is 199. The molecule has 0 amide bonds. The van der Waals surface area contributed by atoms with Crippen LogP contribution < -0.4 is 0 Å². The van der Waals surface area contributed by atoms with E-state index >= 15 is 0 Å². The monoisotopic (exact) mass is 196 g/mol. The second-order valence-corrected chi connectivity index (χ2v) is 3.20. The Kier molecular flexibility index (Phi) is 15.0. The summed E-state index contributed by atoms with van der Waals surface area (Å²) in [5.41, 5.74) is 0. The highest BCUT2D eigenvalue weighted by atomic mass is 32.2. The fourth-order valence-electron chi connectivity index (χ4n) is 0.149. The van der Waals surface area contributed by atoms with Crippen LogP contribution in [0.15, 0.2) is 24.8 Å². The molecule has 0 fully saturated rings. The number of rotatable bonds is 2. The molecule has 0 rings (SSSR count). The van der Waals surface area contributed by atoms with Crippen molar-refractivity contribution in [2.45, 2.75) is 13.8 Å². The van der Waals surface area contributed by atoms with Gasteiger partial charge >= 0.3 is 0 Å². The molecule has 0 bridgehead atoms. The smallest absolute Gasteiger partial charge is 0.268 e. The van der Waals surface area contributed by atoms with Gasteiger partial charge in [-0.15, -0.1) is 6.58 Å². The minimum Gasteiger partial charge on any atom is -0.412 e. The zero-order chi connectivity index (χ0) is 9.33. The molecule has 0 aliphatic rings. The lowest BCUT2D eigenvalue weighted by molar-refractivity contribution is 0.487. The third-order valence-corrected chi connectivity index (χ3v) is 1.32. The van der Waals surface area contributed by atoms with Crippen molar-refractivity contribution in [3.63, 3.8) is 0 Å². The van der Waals surface area contributed by atoms with Crippen LogP contribution in [0.5, 0.6) is 0 Å². The first-order chi connectivity index (χ1) is 4.97. The summed E-state index contributed by atoms with van der Waals surface area (Å²) in [7, 11) is -3.79. The van der Waals surface area contributed by atoms with Gasteiger partial charge < -0.3 is 5.48 Å². The molecule has 0 aromatic rings. The Morgan fingerprint density at radius 2 is 1.67 bits per heavy atom. The first-order valence-electron chi connectivity index (χ1n) is 3.11. The maximum absolute atomic E-state index is 9.72. The van der Waals surface area contributed by atoms with Crippen LogP contribution in [0.25, 0.3) is 0 Å². The summed E-state index contributed by atoms with van der Waals surface area (Å²) in [5.74, 6) is -0.368. The van der Waals surface area contributed by atoms with Gasteiger partial charge in [-0.1, -0.05) is 18.2 Å². The first-order valence-corrected chi connectivity index (χ1v) is 4.72. The van der Waals surface area contributed by atoms with Crippen molar-refractivity contribution in [1.29, 1.82) is 0 Å². The minimum absolute atomic E-state index is 0. The highest BCUT2D eigenvalue weighted by Crippen LogP contribution is 1.78. The summed E-state index contributed by atoms with van der Waals surface area (Å²) in [6.45, 7) is 7.11. The molecule has 0 spiro atoms. The van der Waals surface area contributed by atoms with Gasteiger partial charge in [-0.2, -0.15) is 8.42 Å². The largest absolute Gasteiger partial charge is 0.412 e. The summed E-state index contributed by atoms with van der Waals surface area (Å²) in [6.07, 6.45) is 5.12. The van der Waals surface area contributed by atoms with Gasteiger partial charge in [0.2, 0.25) is 0 Å². The van der Waals surface area contributed by atoms with Crippen molar-refractivity contribution in [3.05, 3.63) is 24.8 Å². The van der Waals surface area contributed by atoms with Gasteiger partial charge in [-0.05, 0) is 13.8 Å². The van der Waals surface area contributed by atoms with Crippen LogP contribution in [0.1, 0.15) is 13.8 Å². The maximum Gasteiger partial charge on any atom is 0.268 e. The van der Waals surface area contributed by atoms with Crippen LogP contribution in [-0.2, 0) is 10.1 Å². The summed E-state index contributed by atoms with van der Waals surface area (Å²) in [6, 6.07) is 0. The molecule has 0 saturated heterocycles. The Morgan fingerprint density at radius 3 is 1.67 bits per heavy atom. The Hall–Kier alpha value is -0.650. The summed E-state index contributed by atoms with van der Waals surface area (Å²) < 4.78 is 27.3. The predicted octanol–water partition coefficient (Wildman–Crippen LogP) is 0.818. The predicted molar refractivity (Wildman–Crippen MR) is 50.7 cm³/mol. The number of hydrogen-bond donors (Lipinski definition) is 1. The molecule has 4 nitrogen and oxygen atoms in total. The van der Waals surface area contributed by atoms with Crippen molar-refractivity contribution < 1.29 is 18.4 Å². The molecule has 0 heterocycles. The van der Waals surface area contributed by atoms with Gasteiger partial charge in [0.25, 0.3) is 10.1 Å². The van der Waals surface area contributed by atoms with E-state index in [9.17, 15) is 8.42 Å². The number of hydrogen-bond acceptors (Lipinski definition) is 2. The Balaban J connectivity index is -0.000000142. The molecule has 0 aromatic heterocycles. The van der Waals surface area contributed by atoms with Crippen LogP contribution in [-0.4, -0.2) is 24.2 Å². The molecule has 0 aromatic carbocycles. The molecule has 0 radical (unpaired) electrons. The SMILES string of the molecule is C=CCS(=O)(=O)O.CC=CC.O. The molecule has 3 N–H and O–H groups in total. The van der Waals surface area contributed by atoms with Gasteiger partial charge in [0.05, 0.1) is 5.75 Å². The Morgan fingerprint density at radius 1 is 1.33 bits per heavy atom. The molecule has 74 valence electrons. The lowest BCUT2D eigenvalue weighted by Crippen LogP contribution is -1.99. The van der Waals surface area contributed by atoms with Gasteiger partial charge in [0, 0.05) is 0 Å². The van der Waals surface area contributed by atoms with Gasteiger partial charge in [0.15, 0.2) is 0 Å². The molecule has 0 aliphatic carbocycles. The summed E-state index contributed by atoms with van der Waals surface area (Å²) in [4.78, 5) is 0. The molecule has 12 heavy (non-hydrogen) atoms. The van der Waals surface area contributed by atoms with Crippen LogP contribution >= 0.6 is 0 Å². The normalized spacial score (nSPS) is 9.58. The van der Waals surface area contributed by atoms with E-state index in [1.54, 1.807) is 0 Å². The second-order valence-electron chi connectivity index (χ2n) is 1.70. The van der Waals surface area contributed by atoms with Crippen molar-refractivity contribution in [2.75, 3.05) is 5.75 Å². The third-order valence-electron chi connectivity index (χ3n) is 0.662. The van der Waals surface area contributed by atoms with Crippen molar-refractivity contribution in [1.82, 2.24) is 0 Å². The molecule has 0 aliphatic heterocycles. The third kappa shape index (κ3) is 34.5. The highest BCUT2D eigenvalue weighted by molar-refractivity contribution is 7.85. The van der Waals surface area contributed by atoms with Crippen molar-refractivity contribution in [3.8, 4) is 0 Å². The van der Waals surface area contributed by atoms with Crippen molar-refractivity contribution in [2.24, 2.45) is 0 Å². The average Bonchev–Trinajstić information content (AvgIpc) is 1.86. The van der Waals surface area contributed by atoms with Gasteiger partial charge in [-0.3, -0.25) is 4.55 Å². The molecule has 0 saturated carbocycles. The fraction of sp³-hybridized carbons (Fsp3) is 0.429. The minimum atomic E-state index is -3.79. The number of allylic oxidation sites excluding steroid dienone is 2. The molecule has 0 unspecified atom stereocenters. The lowest BCUT2D eigenvalue weighted by atomic mass is 10.6. The quantitative estimate of drug-likeness (QED) is 0.524. The average molecular weight is 196 g/mol. The summed E-state index contributed by atoms with van der Waals surface area (Å²) >= 11 is 0. The standard InChI is InChI=1S/C4H8.C3H6O3S.H2O/c1-3-4-2;1-2-3-7(4,5)6;/h3-4H,1-2H3;2H,1,3H2,(H,4,5,6);1H2. The first kappa shape index (κ1) is 17.4. The summed E-state index contributed by atoms with van der Waals surface area (Å²) in [5, 5.41) is 0. The lowest BCUT2D eigenvalue weighted by Gasteiger charge is -1.82. The molecule has 0 atom stereocenters. The van der Waals surface area contributed by atoms with E-state index in [0.717, 1.165) is 6.08 Å². The van der Waals surface area contributed by atoms with Crippen LogP contribution in [0.4, 0.5) is 0 Å². The van der Waals surface area contributed by atoms with Crippen LogP contribution in [0.2, 0.25) is 0 Å². The van der Waals surface area contributed by atoms with E-state index in [-0.39, 0.29) is 11.2 Å². The fourth-order valence-corrected chi connectivity index (χ4v) is 0.447. The van der Waals surface area contributed by atoms with E-state index in [2.05, 4.69) is 6.58 Å². The van der Waals surface area contributed by atoms with Gasteiger partial charge in [0.1, 0.15) is 0 Å². The van der Waals surface area contributed by atoms with E-state index in [1.807, 2.05) is 26.0 Å². The zero-order valence-corrected chi connectivity index (χ0v) is 8.13. The van der Waals surface area contributed by atoms with Gasteiger partial charge in [-0.25, -0.2) is 0 Å². The van der Waals surface area contributed by atoms with E-state index in [4.69, 9.17) is 4.55 Å². The topological polar surface area (TPSA) is 85.9 Å². The van der Waals surface area contributed by atoms with E-state index in [0.29, 0.717) is 0 Å². The Labute approximate surface area is 73.7 Å². The molecular formula is C7H16O4S. The maximum atomic E-state index is 9.72. The van der Waals surface area contributed by atoms with Crippen LogP contribution in [0.3, 0.4) is 0 Å². The highest BCUT2D eigenvalue weighted by Gasteiger charge is 1.95. The zero-order valence-electron chi connectivity index (χ0n) is 7.32. The van der Waals surface area contributed by atoms with E-state index < -0.39 is 10.1 Å². The van der Waals surface area contributed by atoms with Crippen LogP contribution in [0, 0.1) is 0 Å². The van der Waals surface area contributed by atoms with E-state index in [1.165, 1.54) is 0 Å². The second kappa shape index (κ2) is 10.3.